The Kier molecular flexibility index (Phi) is 5.59. The van der Waals surface area contributed by atoms with Gasteiger partial charge in [-0.15, -0.1) is 0 Å². The van der Waals surface area contributed by atoms with E-state index < -0.39 is 0 Å². The molecular weight excluding hydrogens is 268 g/mol. The highest BCUT2D eigenvalue weighted by Gasteiger charge is 2.28. The van der Waals surface area contributed by atoms with Gasteiger partial charge in [0.2, 0.25) is 0 Å². The number of benzene rings is 1. The molecule has 5 heteroatoms. The molecule has 1 atom stereocenters. The first-order valence-electron chi connectivity index (χ1n) is 7.19. The molecule has 0 spiro atoms. The van der Waals surface area contributed by atoms with Crippen LogP contribution in [0.15, 0.2) is 24.3 Å². The van der Waals surface area contributed by atoms with Crippen molar-refractivity contribution < 1.29 is 14.3 Å². The van der Waals surface area contributed by atoms with Gasteiger partial charge in [0.15, 0.2) is 0 Å². The highest BCUT2D eigenvalue weighted by Crippen LogP contribution is 2.18. The maximum absolute atomic E-state index is 11.7. The molecule has 0 radical (unpaired) electrons. The second-order valence-corrected chi connectivity index (χ2v) is 5.06. The number of nitriles is 1. The van der Waals surface area contributed by atoms with Crippen LogP contribution in [0.5, 0.6) is 5.75 Å². The number of esters is 1. The third-order valence-electron chi connectivity index (χ3n) is 3.72. The SMILES string of the molecule is COC(=O)C1CCCCN1CCOc1ccc(C#N)cc1. The summed E-state index contributed by atoms with van der Waals surface area (Å²) in [7, 11) is 1.43. The number of hydrogen-bond acceptors (Lipinski definition) is 5. The van der Waals surface area contributed by atoms with Crippen LogP contribution < -0.4 is 4.74 Å². The number of likely N-dealkylation sites (tertiary alicyclic amines) is 1. The maximum Gasteiger partial charge on any atom is 0.323 e. The Morgan fingerprint density at radius 1 is 1.38 bits per heavy atom. The minimum absolute atomic E-state index is 0.145. The van der Waals surface area contributed by atoms with E-state index in [0.717, 1.165) is 31.6 Å². The van der Waals surface area contributed by atoms with Crippen molar-refractivity contribution in [2.45, 2.75) is 25.3 Å². The molecule has 0 aliphatic carbocycles. The predicted molar refractivity (Wildman–Crippen MR) is 77.9 cm³/mol. The van der Waals surface area contributed by atoms with E-state index in [1.807, 2.05) is 0 Å². The summed E-state index contributed by atoms with van der Waals surface area (Å²) in [5.74, 6) is 0.578. The minimum Gasteiger partial charge on any atom is -0.492 e. The molecule has 21 heavy (non-hydrogen) atoms. The van der Waals surface area contributed by atoms with Crippen LogP contribution in [0, 0.1) is 11.3 Å². The molecule has 1 heterocycles. The standard InChI is InChI=1S/C16H20N2O3/c1-20-16(19)15-4-2-3-9-18(15)10-11-21-14-7-5-13(12-17)6-8-14/h5-8,15H,2-4,9-11H2,1H3. The Hall–Kier alpha value is -2.06. The molecule has 1 aliphatic rings. The Morgan fingerprint density at radius 3 is 2.81 bits per heavy atom. The van der Waals surface area contributed by atoms with E-state index in [9.17, 15) is 4.79 Å². The summed E-state index contributed by atoms with van der Waals surface area (Å²) in [6.07, 6.45) is 3.01. The lowest BCUT2D eigenvalue weighted by Crippen LogP contribution is -2.46. The normalized spacial score (nSPS) is 18.8. The Morgan fingerprint density at radius 2 is 2.14 bits per heavy atom. The van der Waals surface area contributed by atoms with Crippen LogP contribution in [0.1, 0.15) is 24.8 Å². The molecule has 0 amide bonds. The van der Waals surface area contributed by atoms with Crippen LogP contribution in [0.3, 0.4) is 0 Å². The number of methoxy groups -OCH3 is 1. The predicted octanol–water partition coefficient (Wildman–Crippen LogP) is 1.96. The summed E-state index contributed by atoms with van der Waals surface area (Å²) >= 11 is 0. The van der Waals surface area contributed by atoms with E-state index >= 15 is 0 Å². The summed E-state index contributed by atoms with van der Waals surface area (Å²) < 4.78 is 10.5. The summed E-state index contributed by atoms with van der Waals surface area (Å²) in [5.41, 5.74) is 0.615. The number of carbonyl (C=O) groups excluding carboxylic acids is 1. The monoisotopic (exact) mass is 288 g/mol. The zero-order valence-corrected chi connectivity index (χ0v) is 12.2. The molecule has 0 saturated carbocycles. The van der Waals surface area contributed by atoms with Gasteiger partial charge in [-0.05, 0) is 43.7 Å². The largest absolute Gasteiger partial charge is 0.492 e. The second-order valence-electron chi connectivity index (χ2n) is 5.06. The van der Waals surface area contributed by atoms with Crippen molar-refractivity contribution in [2.75, 3.05) is 26.8 Å². The molecule has 1 saturated heterocycles. The van der Waals surface area contributed by atoms with Gasteiger partial charge in [0, 0.05) is 6.54 Å². The Bertz CT molecular complexity index is 507. The van der Waals surface area contributed by atoms with Gasteiger partial charge < -0.3 is 9.47 Å². The quantitative estimate of drug-likeness (QED) is 0.775. The molecule has 0 aromatic heterocycles. The highest BCUT2D eigenvalue weighted by molar-refractivity contribution is 5.75. The van der Waals surface area contributed by atoms with Crippen molar-refractivity contribution in [3.63, 3.8) is 0 Å². The van der Waals surface area contributed by atoms with E-state index in [1.54, 1.807) is 24.3 Å². The summed E-state index contributed by atoms with van der Waals surface area (Å²) in [5, 5.41) is 8.74. The van der Waals surface area contributed by atoms with Crippen LogP contribution >= 0.6 is 0 Å². The number of piperidine rings is 1. The number of hydrogen-bond donors (Lipinski definition) is 0. The van der Waals surface area contributed by atoms with E-state index in [4.69, 9.17) is 14.7 Å². The van der Waals surface area contributed by atoms with Gasteiger partial charge in [-0.1, -0.05) is 6.42 Å². The molecule has 1 aromatic carbocycles. The van der Waals surface area contributed by atoms with Crippen LogP contribution in [0.4, 0.5) is 0 Å². The van der Waals surface area contributed by atoms with Gasteiger partial charge in [0.05, 0.1) is 18.7 Å². The molecule has 1 fully saturated rings. The van der Waals surface area contributed by atoms with E-state index in [2.05, 4.69) is 11.0 Å². The molecule has 5 nitrogen and oxygen atoms in total. The lowest BCUT2D eigenvalue weighted by Gasteiger charge is -2.33. The van der Waals surface area contributed by atoms with Gasteiger partial charge in [0.25, 0.3) is 0 Å². The fourth-order valence-corrected chi connectivity index (χ4v) is 2.57. The number of carbonyl (C=O) groups is 1. The van der Waals surface area contributed by atoms with Gasteiger partial charge in [-0.2, -0.15) is 5.26 Å². The maximum atomic E-state index is 11.7. The Labute approximate surface area is 125 Å². The number of rotatable bonds is 5. The lowest BCUT2D eigenvalue weighted by molar-refractivity contribution is -0.148. The van der Waals surface area contributed by atoms with Crippen LogP contribution in [-0.4, -0.2) is 43.7 Å². The molecule has 1 unspecified atom stereocenters. The fourth-order valence-electron chi connectivity index (χ4n) is 2.57. The first-order chi connectivity index (χ1) is 10.2. The second kappa shape index (κ2) is 7.65. The minimum atomic E-state index is -0.159. The van der Waals surface area contributed by atoms with Crippen molar-refractivity contribution in [1.82, 2.24) is 4.90 Å². The van der Waals surface area contributed by atoms with Crippen molar-refractivity contribution in [1.29, 1.82) is 5.26 Å². The van der Waals surface area contributed by atoms with Crippen LogP contribution in [-0.2, 0) is 9.53 Å². The van der Waals surface area contributed by atoms with Crippen molar-refractivity contribution in [3.8, 4) is 11.8 Å². The molecule has 0 N–H and O–H groups in total. The van der Waals surface area contributed by atoms with Crippen LogP contribution in [0.2, 0.25) is 0 Å². The van der Waals surface area contributed by atoms with Crippen molar-refractivity contribution >= 4 is 5.97 Å². The fraction of sp³-hybridized carbons (Fsp3) is 0.500. The van der Waals surface area contributed by atoms with E-state index in [-0.39, 0.29) is 12.0 Å². The van der Waals surface area contributed by atoms with Gasteiger partial charge in [-0.25, -0.2) is 0 Å². The molecule has 1 aliphatic heterocycles. The Balaban J connectivity index is 1.83. The molecule has 2 rings (SSSR count). The number of ether oxygens (including phenoxy) is 2. The summed E-state index contributed by atoms with van der Waals surface area (Å²) in [4.78, 5) is 13.9. The van der Waals surface area contributed by atoms with Gasteiger partial charge in [0.1, 0.15) is 18.4 Å². The molecule has 1 aromatic rings. The van der Waals surface area contributed by atoms with Crippen molar-refractivity contribution in [2.24, 2.45) is 0 Å². The number of nitrogens with zero attached hydrogens (tertiary/aromatic N) is 2. The zero-order valence-electron chi connectivity index (χ0n) is 12.2. The van der Waals surface area contributed by atoms with Gasteiger partial charge in [-0.3, -0.25) is 9.69 Å². The first-order valence-corrected chi connectivity index (χ1v) is 7.19. The zero-order chi connectivity index (χ0) is 15.1. The molecule has 0 bridgehead atoms. The van der Waals surface area contributed by atoms with Crippen molar-refractivity contribution in [3.05, 3.63) is 29.8 Å². The molecule has 112 valence electrons. The summed E-state index contributed by atoms with van der Waals surface area (Å²) in [6, 6.07) is 8.95. The topological polar surface area (TPSA) is 62.6 Å². The highest BCUT2D eigenvalue weighted by atomic mass is 16.5. The third-order valence-corrected chi connectivity index (χ3v) is 3.72. The van der Waals surface area contributed by atoms with E-state index in [1.165, 1.54) is 7.11 Å². The smallest absolute Gasteiger partial charge is 0.323 e. The summed E-state index contributed by atoms with van der Waals surface area (Å²) in [6.45, 7) is 2.11. The molecular formula is C16H20N2O3. The van der Waals surface area contributed by atoms with E-state index in [0.29, 0.717) is 18.7 Å². The lowest BCUT2D eigenvalue weighted by atomic mass is 10.0. The average Bonchev–Trinajstić information content (AvgIpc) is 2.55. The average molecular weight is 288 g/mol. The van der Waals surface area contributed by atoms with Gasteiger partial charge >= 0.3 is 5.97 Å². The van der Waals surface area contributed by atoms with Crippen LogP contribution in [0.25, 0.3) is 0 Å². The third kappa shape index (κ3) is 4.20. The first kappa shape index (κ1) is 15.3.